The number of imide groups is 1. The third-order valence-corrected chi connectivity index (χ3v) is 7.79. The lowest BCUT2D eigenvalue weighted by atomic mass is 9.56. The van der Waals surface area contributed by atoms with Crippen LogP contribution >= 0.6 is 0 Å². The predicted octanol–water partition coefficient (Wildman–Crippen LogP) is 2.61. The van der Waals surface area contributed by atoms with Crippen LogP contribution in [-0.4, -0.2) is 52.6 Å². The molecule has 3 heterocycles. The number of halogens is 1. The summed E-state index contributed by atoms with van der Waals surface area (Å²) in [5.74, 6) is -0.943. The van der Waals surface area contributed by atoms with Gasteiger partial charge in [-0.2, -0.15) is 0 Å². The van der Waals surface area contributed by atoms with E-state index in [1.165, 1.54) is 11.0 Å². The Morgan fingerprint density at radius 1 is 1.06 bits per heavy atom. The number of hydrogen-bond acceptors (Lipinski definition) is 4. The number of likely N-dealkylation sites (tertiary alicyclic amines) is 1. The fraction of sp³-hybridized carbons (Fsp3) is 0.385. The molecular weight excluding hydrogens is 437 g/mol. The van der Waals surface area contributed by atoms with Gasteiger partial charge < -0.3 is 9.80 Å². The van der Waals surface area contributed by atoms with Crippen molar-refractivity contribution >= 4 is 23.6 Å². The molecule has 7 nitrogen and oxygen atoms in total. The Kier molecular flexibility index (Phi) is 4.62. The maximum absolute atomic E-state index is 13.5. The van der Waals surface area contributed by atoms with Gasteiger partial charge in [-0.15, -0.1) is 0 Å². The van der Waals surface area contributed by atoms with Gasteiger partial charge in [-0.25, -0.2) is 4.39 Å². The summed E-state index contributed by atoms with van der Waals surface area (Å²) in [5.41, 5.74) is 2.91. The number of benzene rings is 2. The molecule has 2 aromatic rings. The van der Waals surface area contributed by atoms with Crippen LogP contribution in [0.2, 0.25) is 0 Å². The number of carbonyl (C=O) groups is 4. The molecular formula is C26H24FN3O4. The number of carbonyl (C=O) groups excluding carboxylic acids is 4. The molecule has 3 aliphatic heterocycles. The first-order chi connectivity index (χ1) is 16.3. The van der Waals surface area contributed by atoms with E-state index < -0.39 is 11.9 Å². The molecule has 1 unspecified atom stereocenters. The fourth-order valence-electron chi connectivity index (χ4n) is 6.04. The number of amides is 4. The second-order valence-electron chi connectivity index (χ2n) is 10.1. The molecule has 174 valence electrons. The number of nitrogens with zero attached hydrogens (tertiary/aromatic N) is 2. The van der Waals surface area contributed by atoms with Crippen LogP contribution in [0.3, 0.4) is 0 Å². The van der Waals surface area contributed by atoms with E-state index in [4.69, 9.17) is 0 Å². The SMILES string of the molecule is O=C1CCC(N2Cc3cc(C(=O)N4CC5(CC(c6cccc(F)c6)C5)C4)ccc3C2=O)C(=O)N1. The summed E-state index contributed by atoms with van der Waals surface area (Å²) in [6, 6.07) is 11.2. The summed E-state index contributed by atoms with van der Waals surface area (Å²) in [6.07, 6.45) is 2.43. The zero-order chi connectivity index (χ0) is 23.6. The van der Waals surface area contributed by atoms with Crippen LogP contribution in [0.1, 0.15) is 63.4 Å². The van der Waals surface area contributed by atoms with Crippen LogP contribution in [0.15, 0.2) is 42.5 Å². The molecule has 34 heavy (non-hydrogen) atoms. The second kappa shape index (κ2) is 7.48. The largest absolute Gasteiger partial charge is 0.337 e. The lowest BCUT2D eigenvalue weighted by Gasteiger charge is -2.59. The van der Waals surface area contributed by atoms with Crippen molar-refractivity contribution in [3.05, 3.63) is 70.5 Å². The topological polar surface area (TPSA) is 86.8 Å². The van der Waals surface area contributed by atoms with Gasteiger partial charge >= 0.3 is 0 Å². The molecule has 1 spiro atoms. The van der Waals surface area contributed by atoms with E-state index in [0.717, 1.165) is 24.0 Å². The smallest absolute Gasteiger partial charge is 0.255 e. The van der Waals surface area contributed by atoms with Crippen molar-refractivity contribution in [2.75, 3.05) is 13.1 Å². The zero-order valence-electron chi connectivity index (χ0n) is 18.6. The van der Waals surface area contributed by atoms with E-state index in [-0.39, 0.29) is 41.9 Å². The van der Waals surface area contributed by atoms with E-state index in [2.05, 4.69) is 5.32 Å². The molecule has 2 aromatic carbocycles. The molecule has 3 fully saturated rings. The summed E-state index contributed by atoms with van der Waals surface area (Å²) >= 11 is 0. The van der Waals surface area contributed by atoms with E-state index in [1.54, 1.807) is 30.3 Å². The number of hydrogen-bond donors (Lipinski definition) is 1. The molecule has 8 heteroatoms. The quantitative estimate of drug-likeness (QED) is 0.712. The van der Waals surface area contributed by atoms with Crippen LogP contribution in [-0.2, 0) is 16.1 Å². The van der Waals surface area contributed by atoms with Gasteiger partial charge in [0.05, 0.1) is 0 Å². The zero-order valence-corrected chi connectivity index (χ0v) is 18.6. The lowest BCUT2D eigenvalue weighted by molar-refractivity contribution is -0.136. The number of fused-ring (bicyclic) bond motifs is 1. The van der Waals surface area contributed by atoms with E-state index in [1.807, 2.05) is 11.0 Å². The highest BCUT2D eigenvalue weighted by Gasteiger charge is 2.54. The molecule has 1 saturated carbocycles. The van der Waals surface area contributed by atoms with Gasteiger partial charge in [-0.3, -0.25) is 24.5 Å². The van der Waals surface area contributed by atoms with Gasteiger partial charge in [0.2, 0.25) is 11.8 Å². The first kappa shape index (κ1) is 21.0. The van der Waals surface area contributed by atoms with Crippen molar-refractivity contribution in [2.45, 2.75) is 44.2 Å². The molecule has 0 bridgehead atoms. The second-order valence-corrected chi connectivity index (χ2v) is 10.1. The molecule has 4 amide bonds. The summed E-state index contributed by atoms with van der Waals surface area (Å²) in [5, 5.41) is 2.30. The van der Waals surface area contributed by atoms with E-state index >= 15 is 0 Å². The number of piperidine rings is 1. The Morgan fingerprint density at radius 3 is 2.59 bits per heavy atom. The predicted molar refractivity (Wildman–Crippen MR) is 119 cm³/mol. The Bertz CT molecular complexity index is 1240. The third-order valence-electron chi connectivity index (χ3n) is 7.79. The van der Waals surface area contributed by atoms with Gasteiger partial charge in [0.15, 0.2) is 0 Å². The van der Waals surface area contributed by atoms with Crippen molar-refractivity contribution in [3.8, 4) is 0 Å². The van der Waals surface area contributed by atoms with Crippen LogP contribution in [0, 0.1) is 11.2 Å². The molecule has 4 aliphatic rings. The molecule has 6 rings (SSSR count). The average Bonchev–Trinajstić information content (AvgIpc) is 3.07. The van der Waals surface area contributed by atoms with Crippen molar-refractivity contribution < 1.29 is 23.6 Å². The molecule has 0 radical (unpaired) electrons. The minimum atomic E-state index is -0.670. The van der Waals surface area contributed by atoms with Crippen molar-refractivity contribution in [1.82, 2.24) is 15.1 Å². The highest BCUT2D eigenvalue weighted by molar-refractivity contribution is 6.06. The van der Waals surface area contributed by atoms with Crippen molar-refractivity contribution in [1.29, 1.82) is 0 Å². The first-order valence-corrected chi connectivity index (χ1v) is 11.6. The summed E-state index contributed by atoms with van der Waals surface area (Å²) < 4.78 is 13.5. The Hall–Kier alpha value is -3.55. The van der Waals surface area contributed by atoms with Gasteiger partial charge in [-0.1, -0.05) is 12.1 Å². The highest BCUT2D eigenvalue weighted by Crippen LogP contribution is 2.56. The lowest BCUT2D eigenvalue weighted by Crippen LogP contribution is -2.63. The maximum atomic E-state index is 13.5. The van der Waals surface area contributed by atoms with Crippen LogP contribution in [0.5, 0.6) is 0 Å². The van der Waals surface area contributed by atoms with Gasteiger partial charge in [-0.05, 0) is 66.6 Å². The fourth-order valence-corrected chi connectivity index (χ4v) is 6.04. The van der Waals surface area contributed by atoms with Crippen LogP contribution in [0.4, 0.5) is 4.39 Å². The van der Waals surface area contributed by atoms with Gasteiger partial charge in [0, 0.05) is 42.6 Å². The Balaban J connectivity index is 1.10. The minimum absolute atomic E-state index is 0.0606. The standard InChI is InChI=1S/C26H24FN3O4/c27-19-3-1-2-15(9-19)18-10-26(11-18)13-29(14-26)24(33)16-4-5-20-17(8-16)12-30(25(20)34)21-6-7-22(31)28-23(21)32/h1-5,8-9,18,21H,6-7,10-14H2,(H,28,31,32). The van der Waals surface area contributed by atoms with E-state index in [9.17, 15) is 23.6 Å². The first-order valence-electron chi connectivity index (χ1n) is 11.6. The molecule has 1 aliphatic carbocycles. The Labute approximate surface area is 195 Å². The average molecular weight is 461 g/mol. The number of rotatable bonds is 3. The molecule has 1 N–H and O–H groups in total. The summed E-state index contributed by atoms with van der Waals surface area (Å²) in [6.45, 7) is 1.63. The van der Waals surface area contributed by atoms with Crippen molar-refractivity contribution in [3.63, 3.8) is 0 Å². The van der Waals surface area contributed by atoms with Gasteiger partial charge in [0.25, 0.3) is 11.8 Å². The number of nitrogens with one attached hydrogen (secondary N) is 1. The molecule has 1 atom stereocenters. The Morgan fingerprint density at radius 2 is 1.85 bits per heavy atom. The summed E-state index contributed by atoms with van der Waals surface area (Å²) in [7, 11) is 0. The monoisotopic (exact) mass is 461 g/mol. The maximum Gasteiger partial charge on any atom is 0.255 e. The summed E-state index contributed by atoms with van der Waals surface area (Å²) in [4.78, 5) is 52.9. The van der Waals surface area contributed by atoms with Crippen LogP contribution < -0.4 is 5.32 Å². The third kappa shape index (κ3) is 3.31. The minimum Gasteiger partial charge on any atom is -0.337 e. The van der Waals surface area contributed by atoms with Crippen molar-refractivity contribution in [2.24, 2.45) is 5.41 Å². The molecule has 0 aromatic heterocycles. The van der Waals surface area contributed by atoms with E-state index in [0.29, 0.717) is 36.6 Å². The molecule has 2 saturated heterocycles. The highest BCUT2D eigenvalue weighted by atomic mass is 19.1. The normalized spacial score (nSPS) is 23.4. The van der Waals surface area contributed by atoms with Gasteiger partial charge in [0.1, 0.15) is 11.9 Å². The van der Waals surface area contributed by atoms with Crippen LogP contribution in [0.25, 0.3) is 0 Å².